The molecule has 1 aromatic rings. The zero-order valence-electron chi connectivity index (χ0n) is 8.77. The van der Waals surface area contributed by atoms with Gasteiger partial charge in [-0.1, -0.05) is 12.2 Å². The fourth-order valence-corrected chi connectivity index (χ4v) is 1.38. The van der Waals surface area contributed by atoms with Crippen LogP contribution in [0.3, 0.4) is 0 Å². The largest absolute Gasteiger partial charge is 0.404 e. The topological polar surface area (TPSA) is 64.4 Å². The summed E-state index contributed by atoms with van der Waals surface area (Å²) in [6.45, 7) is 5.47. The Morgan fingerprint density at radius 3 is 2.27 bits per heavy atom. The van der Waals surface area contributed by atoms with Crippen molar-refractivity contribution in [1.82, 2.24) is 0 Å². The molecule has 0 aliphatic rings. The predicted octanol–water partition coefficient (Wildman–Crippen LogP) is 0.445. The van der Waals surface area contributed by atoms with E-state index in [4.69, 9.17) is 11.5 Å². The van der Waals surface area contributed by atoms with E-state index in [0.717, 1.165) is 21.7 Å². The summed E-state index contributed by atoms with van der Waals surface area (Å²) in [6.07, 6.45) is 6.93. The van der Waals surface area contributed by atoms with Crippen LogP contribution < -0.4 is 21.9 Å². The Bertz CT molecular complexity index is 498. The Morgan fingerprint density at radius 1 is 1.20 bits per heavy atom. The molecule has 0 unspecified atom stereocenters. The number of rotatable bonds is 2. The third-order valence-electron chi connectivity index (χ3n) is 2.11. The van der Waals surface area contributed by atoms with Crippen LogP contribution >= 0.6 is 0 Å². The number of hydrogen-bond donors (Lipinski definition) is 2. The van der Waals surface area contributed by atoms with Gasteiger partial charge < -0.3 is 11.5 Å². The maximum absolute atomic E-state index is 5.51. The first-order valence-electron chi connectivity index (χ1n) is 4.64. The Hall–Kier alpha value is -2.03. The molecule has 0 atom stereocenters. The monoisotopic (exact) mass is 201 g/mol. The van der Waals surface area contributed by atoms with E-state index in [2.05, 4.69) is 11.7 Å². The van der Waals surface area contributed by atoms with E-state index < -0.39 is 0 Å². The maximum atomic E-state index is 5.51. The van der Waals surface area contributed by atoms with Gasteiger partial charge in [-0.15, -0.1) is 0 Å². The molecule has 0 saturated heterocycles. The van der Waals surface area contributed by atoms with Crippen LogP contribution in [0.2, 0.25) is 0 Å². The molecule has 3 nitrogen and oxygen atoms in total. The zero-order valence-corrected chi connectivity index (χ0v) is 8.77. The summed E-state index contributed by atoms with van der Waals surface area (Å²) >= 11 is 0. The van der Waals surface area contributed by atoms with E-state index in [0.29, 0.717) is 0 Å². The maximum Gasteiger partial charge on any atom is 0.0701 e. The van der Waals surface area contributed by atoms with Gasteiger partial charge in [-0.3, -0.25) is 4.99 Å². The summed E-state index contributed by atoms with van der Waals surface area (Å²) in [6, 6.07) is 3.80. The molecular formula is C12H15N3. The molecule has 0 aromatic heterocycles. The highest BCUT2D eigenvalue weighted by Crippen LogP contribution is 2.15. The normalized spacial score (nSPS) is 13.7. The number of nitrogens with two attached hydrogens (primary N) is 2. The molecule has 0 aliphatic heterocycles. The Labute approximate surface area is 89.1 Å². The van der Waals surface area contributed by atoms with Crippen molar-refractivity contribution in [3.8, 4) is 0 Å². The fourth-order valence-electron chi connectivity index (χ4n) is 1.38. The van der Waals surface area contributed by atoms with Crippen molar-refractivity contribution >= 4 is 30.9 Å². The van der Waals surface area contributed by atoms with Gasteiger partial charge in [-0.05, 0) is 31.0 Å². The molecule has 0 aliphatic carbocycles. The van der Waals surface area contributed by atoms with Crippen molar-refractivity contribution in [3.63, 3.8) is 0 Å². The summed E-state index contributed by atoms with van der Waals surface area (Å²) in [4.78, 5) is 3.94. The zero-order chi connectivity index (χ0) is 11.3. The third kappa shape index (κ3) is 2.26. The van der Waals surface area contributed by atoms with Crippen molar-refractivity contribution in [1.29, 1.82) is 0 Å². The molecule has 0 fully saturated rings. The minimum atomic E-state index is 0.801. The highest BCUT2D eigenvalue weighted by molar-refractivity contribution is 5.66. The average molecular weight is 201 g/mol. The SMILES string of the molecule is C=Nc1cc(=C/N)/c(=C\N)cc1/C=C\C. The summed E-state index contributed by atoms with van der Waals surface area (Å²) in [5, 5.41) is 1.74. The van der Waals surface area contributed by atoms with Crippen LogP contribution in [0.4, 0.5) is 5.69 Å². The molecule has 4 N–H and O–H groups in total. The molecule has 1 aromatic carbocycles. The molecule has 0 amide bonds. The van der Waals surface area contributed by atoms with E-state index in [1.54, 1.807) is 0 Å². The molecule has 0 bridgehead atoms. The van der Waals surface area contributed by atoms with Gasteiger partial charge in [-0.2, -0.15) is 0 Å². The second kappa shape index (κ2) is 5.00. The highest BCUT2D eigenvalue weighted by atomic mass is 14.7. The third-order valence-corrected chi connectivity index (χ3v) is 2.11. The molecule has 3 heteroatoms. The van der Waals surface area contributed by atoms with Crippen LogP contribution in [0.25, 0.3) is 18.5 Å². The second-order valence-electron chi connectivity index (χ2n) is 3.03. The lowest BCUT2D eigenvalue weighted by molar-refractivity contribution is 1.41. The smallest absolute Gasteiger partial charge is 0.0701 e. The van der Waals surface area contributed by atoms with Gasteiger partial charge in [0.05, 0.1) is 5.69 Å². The van der Waals surface area contributed by atoms with Gasteiger partial charge in [0, 0.05) is 23.2 Å². The van der Waals surface area contributed by atoms with Gasteiger partial charge in [-0.25, -0.2) is 0 Å². The van der Waals surface area contributed by atoms with Crippen LogP contribution in [0.15, 0.2) is 23.2 Å². The summed E-state index contributed by atoms with van der Waals surface area (Å²) in [5.41, 5.74) is 12.8. The number of benzene rings is 1. The fraction of sp³-hybridized carbons (Fsp3) is 0.0833. The van der Waals surface area contributed by atoms with Crippen LogP contribution in [0.1, 0.15) is 12.5 Å². The van der Waals surface area contributed by atoms with Crippen LogP contribution in [0.5, 0.6) is 0 Å². The average Bonchev–Trinajstić information content (AvgIpc) is 2.28. The summed E-state index contributed by atoms with van der Waals surface area (Å²) in [5.74, 6) is 0. The minimum Gasteiger partial charge on any atom is -0.404 e. The molecular weight excluding hydrogens is 186 g/mol. The van der Waals surface area contributed by atoms with Crippen molar-refractivity contribution in [2.75, 3.05) is 0 Å². The molecule has 0 saturated carbocycles. The molecule has 15 heavy (non-hydrogen) atoms. The lowest BCUT2D eigenvalue weighted by Crippen LogP contribution is -2.27. The van der Waals surface area contributed by atoms with Gasteiger partial charge in [0.2, 0.25) is 0 Å². The predicted molar refractivity (Wildman–Crippen MR) is 66.9 cm³/mol. The molecule has 1 rings (SSSR count). The van der Waals surface area contributed by atoms with E-state index in [-0.39, 0.29) is 0 Å². The lowest BCUT2D eigenvalue weighted by Gasteiger charge is -2.00. The molecule has 78 valence electrons. The first-order valence-corrected chi connectivity index (χ1v) is 4.64. The van der Waals surface area contributed by atoms with E-state index in [9.17, 15) is 0 Å². The van der Waals surface area contributed by atoms with Gasteiger partial charge in [0.1, 0.15) is 0 Å². The Balaban J connectivity index is 3.64. The van der Waals surface area contributed by atoms with Crippen LogP contribution in [-0.4, -0.2) is 6.72 Å². The van der Waals surface area contributed by atoms with Crippen molar-refractivity contribution in [2.24, 2.45) is 16.5 Å². The summed E-state index contributed by atoms with van der Waals surface area (Å²) in [7, 11) is 0. The standard InChI is InChI=1S/C12H15N3/c1-3-4-9-5-10(7-13)11(8-14)6-12(9)15-2/h3-8H,2,13-14H2,1H3/b4-3-,10-7-,11-8-. The summed E-state index contributed by atoms with van der Waals surface area (Å²) < 4.78 is 0. The minimum absolute atomic E-state index is 0.801. The van der Waals surface area contributed by atoms with Gasteiger partial charge >= 0.3 is 0 Å². The molecule has 0 heterocycles. The second-order valence-corrected chi connectivity index (χ2v) is 3.03. The molecule has 0 radical (unpaired) electrons. The van der Waals surface area contributed by atoms with Crippen molar-refractivity contribution in [3.05, 3.63) is 34.2 Å². The first kappa shape index (κ1) is 11.0. The van der Waals surface area contributed by atoms with Gasteiger partial charge in [0.15, 0.2) is 0 Å². The molecule has 0 spiro atoms. The Morgan fingerprint density at radius 2 is 1.80 bits per heavy atom. The highest BCUT2D eigenvalue weighted by Gasteiger charge is 1.97. The number of allylic oxidation sites excluding steroid dienone is 1. The van der Waals surface area contributed by atoms with Gasteiger partial charge in [0.25, 0.3) is 0 Å². The van der Waals surface area contributed by atoms with Crippen LogP contribution in [-0.2, 0) is 0 Å². The quantitative estimate of drug-likeness (QED) is 0.682. The number of aliphatic imine (C=N–C) groups is 1. The van der Waals surface area contributed by atoms with E-state index in [1.807, 2.05) is 31.2 Å². The van der Waals surface area contributed by atoms with E-state index in [1.165, 1.54) is 12.4 Å². The van der Waals surface area contributed by atoms with Crippen LogP contribution in [0, 0.1) is 0 Å². The van der Waals surface area contributed by atoms with Crippen molar-refractivity contribution < 1.29 is 0 Å². The first-order chi connectivity index (χ1) is 7.26. The number of nitrogens with zero attached hydrogens (tertiary/aromatic N) is 1. The van der Waals surface area contributed by atoms with E-state index >= 15 is 0 Å². The van der Waals surface area contributed by atoms with Crippen molar-refractivity contribution in [2.45, 2.75) is 6.92 Å². The number of hydrogen-bond acceptors (Lipinski definition) is 3. The Kier molecular flexibility index (Phi) is 3.68. The lowest BCUT2D eigenvalue weighted by atomic mass is 10.1.